The Morgan fingerprint density at radius 1 is 1.29 bits per heavy atom. The molecule has 0 aromatic heterocycles. The number of aliphatic hydroxyl groups is 1. The number of unbranched alkanes of at least 4 members (excludes halogenated alkanes) is 1. The molecule has 0 spiro atoms. The average molecular weight is 202 g/mol. The highest BCUT2D eigenvalue weighted by molar-refractivity contribution is 5.81. The summed E-state index contributed by atoms with van der Waals surface area (Å²) in [7, 11) is 0. The first-order valence-electron chi connectivity index (χ1n) is 4.25. The maximum atomic E-state index is 10.6. The van der Waals surface area contributed by atoms with Crippen molar-refractivity contribution in [3.8, 4) is 0 Å². The van der Waals surface area contributed by atoms with Gasteiger partial charge in [0.15, 0.2) is 6.10 Å². The van der Waals surface area contributed by atoms with Crippen molar-refractivity contribution in [1.29, 1.82) is 0 Å². The Labute approximate surface area is 81.7 Å². The summed E-state index contributed by atoms with van der Waals surface area (Å²) in [4.78, 5) is 20.9. The first kappa shape index (κ1) is 12.6. The van der Waals surface area contributed by atoms with Crippen LogP contribution in [0.15, 0.2) is 12.7 Å². The molecule has 2 atom stereocenters. The molecule has 0 saturated heterocycles. The van der Waals surface area contributed by atoms with Gasteiger partial charge in [0.05, 0.1) is 5.92 Å². The lowest BCUT2D eigenvalue weighted by Crippen LogP contribution is -2.34. The average Bonchev–Trinajstić information content (AvgIpc) is 2.10. The molecule has 14 heavy (non-hydrogen) atoms. The molecule has 0 aliphatic heterocycles. The van der Waals surface area contributed by atoms with E-state index in [1.807, 2.05) is 0 Å². The van der Waals surface area contributed by atoms with E-state index in [1.165, 1.54) is 0 Å². The Bertz CT molecular complexity index is 223. The van der Waals surface area contributed by atoms with E-state index >= 15 is 0 Å². The highest BCUT2D eigenvalue weighted by Crippen LogP contribution is 2.14. The molecule has 0 aromatic rings. The van der Waals surface area contributed by atoms with Crippen molar-refractivity contribution in [2.75, 3.05) is 0 Å². The first-order chi connectivity index (χ1) is 6.50. The number of hydrogen-bond acceptors (Lipinski definition) is 3. The summed E-state index contributed by atoms with van der Waals surface area (Å²) in [6.45, 7) is 3.46. The van der Waals surface area contributed by atoms with Gasteiger partial charge >= 0.3 is 11.9 Å². The van der Waals surface area contributed by atoms with Crippen molar-refractivity contribution in [3.05, 3.63) is 12.7 Å². The topological polar surface area (TPSA) is 94.8 Å². The fraction of sp³-hybridized carbons (Fsp3) is 0.556. The van der Waals surface area contributed by atoms with Crippen LogP contribution in [0.2, 0.25) is 0 Å². The second kappa shape index (κ2) is 6.15. The predicted octanol–water partition coefficient (Wildman–Crippen LogP) is 0.489. The first-order valence-corrected chi connectivity index (χ1v) is 4.25. The fourth-order valence-electron chi connectivity index (χ4n) is 1.07. The standard InChI is InChI=1S/C9H14O5/c1-2-3-4-5-6(8(11)12)7(10)9(13)14/h2,6-7,10H,1,3-5H2,(H,11,12)(H,13,14)/t6-,7+/m0/s1. The van der Waals surface area contributed by atoms with Gasteiger partial charge in [-0.25, -0.2) is 4.79 Å². The number of aliphatic carboxylic acids is 2. The smallest absolute Gasteiger partial charge is 0.333 e. The lowest BCUT2D eigenvalue weighted by molar-refractivity contribution is -0.159. The quantitative estimate of drug-likeness (QED) is 0.412. The van der Waals surface area contributed by atoms with E-state index in [9.17, 15) is 9.59 Å². The third-order valence-electron chi connectivity index (χ3n) is 1.87. The molecule has 5 heteroatoms. The van der Waals surface area contributed by atoms with Crippen LogP contribution in [0.3, 0.4) is 0 Å². The Balaban J connectivity index is 4.21. The molecule has 0 aliphatic rings. The van der Waals surface area contributed by atoms with Gasteiger partial charge in [0.1, 0.15) is 0 Å². The second-order valence-corrected chi connectivity index (χ2v) is 2.95. The van der Waals surface area contributed by atoms with E-state index in [-0.39, 0.29) is 6.42 Å². The number of carboxylic acids is 2. The van der Waals surface area contributed by atoms with Crippen LogP contribution in [-0.4, -0.2) is 33.4 Å². The number of carbonyl (C=O) groups is 2. The fourth-order valence-corrected chi connectivity index (χ4v) is 1.07. The van der Waals surface area contributed by atoms with E-state index in [0.29, 0.717) is 12.8 Å². The van der Waals surface area contributed by atoms with Gasteiger partial charge in [-0.05, 0) is 19.3 Å². The molecular formula is C9H14O5. The van der Waals surface area contributed by atoms with Crippen molar-refractivity contribution < 1.29 is 24.9 Å². The third kappa shape index (κ3) is 4.04. The van der Waals surface area contributed by atoms with E-state index in [1.54, 1.807) is 6.08 Å². The molecule has 5 nitrogen and oxygen atoms in total. The van der Waals surface area contributed by atoms with Crippen LogP contribution in [-0.2, 0) is 9.59 Å². The van der Waals surface area contributed by atoms with Gasteiger partial charge in [-0.2, -0.15) is 0 Å². The van der Waals surface area contributed by atoms with Crippen LogP contribution in [0.4, 0.5) is 0 Å². The molecule has 0 rings (SSSR count). The molecule has 80 valence electrons. The monoisotopic (exact) mass is 202 g/mol. The minimum atomic E-state index is -1.84. The Kier molecular flexibility index (Phi) is 5.55. The summed E-state index contributed by atoms with van der Waals surface area (Å²) < 4.78 is 0. The minimum Gasteiger partial charge on any atom is -0.481 e. The van der Waals surface area contributed by atoms with Crippen LogP contribution >= 0.6 is 0 Å². The van der Waals surface area contributed by atoms with Crippen LogP contribution in [0, 0.1) is 5.92 Å². The van der Waals surface area contributed by atoms with Gasteiger partial charge in [0.25, 0.3) is 0 Å². The SMILES string of the molecule is C=CCCC[C@H](C(=O)O)[C@@H](O)C(=O)O. The molecule has 0 bridgehead atoms. The number of allylic oxidation sites excluding steroid dienone is 1. The van der Waals surface area contributed by atoms with Crippen LogP contribution in [0.25, 0.3) is 0 Å². The van der Waals surface area contributed by atoms with Crippen molar-refractivity contribution in [2.45, 2.75) is 25.4 Å². The normalized spacial score (nSPS) is 14.4. The highest BCUT2D eigenvalue weighted by Gasteiger charge is 2.31. The summed E-state index contributed by atoms with van der Waals surface area (Å²) in [5.74, 6) is -4.03. The summed E-state index contributed by atoms with van der Waals surface area (Å²) in [6.07, 6.45) is 1.03. The zero-order valence-electron chi connectivity index (χ0n) is 7.72. The molecule has 0 saturated carbocycles. The molecule has 0 aromatic carbocycles. The van der Waals surface area contributed by atoms with Gasteiger partial charge in [-0.15, -0.1) is 6.58 Å². The third-order valence-corrected chi connectivity index (χ3v) is 1.87. The summed E-state index contributed by atoms with van der Waals surface area (Å²) in [5.41, 5.74) is 0. The lowest BCUT2D eigenvalue weighted by atomic mass is 9.96. The number of aliphatic hydroxyl groups excluding tert-OH is 1. The summed E-state index contributed by atoms with van der Waals surface area (Å²) in [6, 6.07) is 0. The Hall–Kier alpha value is -1.36. The maximum Gasteiger partial charge on any atom is 0.333 e. The maximum absolute atomic E-state index is 10.6. The molecule has 0 heterocycles. The van der Waals surface area contributed by atoms with Crippen LogP contribution in [0.5, 0.6) is 0 Å². The lowest BCUT2D eigenvalue weighted by Gasteiger charge is -2.14. The molecule has 3 N–H and O–H groups in total. The number of carboxylic acid groups (broad SMARTS) is 2. The number of hydrogen-bond donors (Lipinski definition) is 3. The van der Waals surface area contributed by atoms with Crippen LogP contribution in [0.1, 0.15) is 19.3 Å². The minimum absolute atomic E-state index is 0.134. The van der Waals surface area contributed by atoms with Crippen molar-refractivity contribution >= 4 is 11.9 Å². The predicted molar refractivity (Wildman–Crippen MR) is 48.8 cm³/mol. The van der Waals surface area contributed by atoms with Crippen LogP contribution < -0.4 is 0 Å². The molecule has 0 aliphatic carbocycles. The Morgan fingerprint density at radius 2 is 1.86 bits per heavy atom. The Morgan fingerprint density at radius 3 is 2.21 bits per heavy atom. The number of rotatable bonds is 7. The van der Waals surface area contributed by atoms with Crippen molar-refractivity contribution in [3.63, 3.8) is 0 Å². The molecular weight excluding hydrogens is 188 g/mol. The van der Waals surface area contributed by atoms with Gasteiger partial charge in [0.2, 0.25) is 0 Å². The van der Waals surface area contributed by atoms with E-state index in [4.69, 9.17) is 15.3 Å². The van der Waals surface area contributed by atoms with Gasteiger partial charge in [-0.1, -0.05) is 6.08 Å². The van der Waals surface area contributed by atoms with E-state index in [2.05, 4.69) is 6.58 Å². The van der Waals surface area contributed by atoms with Gasteiger partial charge in [0, 0.05) is 0 Å². The van der Waals surface area contributed by atoms with Crippen molar-refractivity contribution in [1.82, 2.24) is 0 Å². The van der Waals surface area contributed by atoms with Crippen molar-refractivity contribution in [2.24, 2.45) is 5.92 Å². The molecule has 0 amide bonds. The van der Waals surface area contributed by atoms with Gasteiger partial charge < -0.3 is 15.3 Å². The van der Waals surface area contributed by atoms with E-state index in [0.717, 1.165) is 0 Å². The largest absolute Gasteiger partial charge is 0.481 e. The summed E-state index contributed by atoms with van der Waals surface area (Å²) >= 11 is 0. The molecule has 0 unspecified atom stereocenters. The zero-order valence-corrected chi connectivity index (χ0v) is 7.72. The summed E-state index contributed by atoms with van der Waals surface area (Å²) in [5, 5.41) is 26.1. The second-order valence-electron chi connectivity index (χ2n) is 2.95. The molecule has 0 radical (unpaired) electrons. The van der Waals surface area contributed by atoms with Gasteiger partial charge in [-0.3, -0.25) is 4.79 Å². The highest BCUT2D eigenvalue weighted by atomic mass is 16.4. The zero-order chi connectivity index (χ0) is 11.1. The van der Waals surface area contributed by atoms with E-state index < -0.39 is 24.0 Å². The molecule has 0 fully saturated rings.